The maximum atomic E-state index is 12.2. The Balaban J connectivity index is 1.50. The van der Waals surface area contributed by atoms with E-state index in [9.17, 15) is 4.79 Å². The van der Waals surface area contributed by atoms with E-state index < -0.39 is 0 Å². The van der Waals surface area contributed by atoms with Crippen LogP contribution in [-0.2, 0) is 12.3 Å². The average Bonchev–Trinajstić information content (AvgIpc) is 3.05. The Hall–Kier alpha value is -3.26. The number of hydrogen-bond donors (Lipinski definition) is 1. The number of thioether (sulfide) groups is 1. The first-order valence-corrected chi connectivity index (χ1v) is 9.95. The molecule has 0 aliphatic carbocycles. The lowest BCUT2D eigenvalue weighted by Gasteiger charge is -2.04. The predicted molar refractivity (Wildman–Crippen MR) is 110 cm³/mol. The molecule has 0 spiro atoms. The largest absolute Gasteiger partial charge is 0.324 e. The van der Waals surface area contributed by atoms with E-state index in [2.05, 4.69) is 37.7 Å². The number of aromatic amines is 1. The van der Waals surface area contributed by atoms with Gasteiger partial charge in [-0.3, -0.25) is 4.79 Å². The molecule has 0 atom stereocenters. The standard InChI is InChI=1S/C20H16N6OS/c1-2-26-15-10-6-4-8-13(15)17-18(26)23-20(25-24-17)28-11-16-21-14-9-5-3-7-12(14)19(27)22-16/h3-10H,2,11H2,1H3,(H,21,22,27). The fourth-order valence-electron chi connectivity index (χ4n) is 3.41. The molecule has 5 rings (SSSR count). The molecule has 0 amide bonds. The Morgan fingerprint density at radius 3 is 2.64 bits per heavy atom. The highest BCUT2D eigenvalue weighted by atomic mass is 32.2. The van der Waals surface area contributed by atoms with Gasteiger partial charge in [0.1, 0.15) is 11.3 Å². The van der Waals surface area contributed by atoms with Gasteiger partial charge in [-0.25, -0.2) is 9.97 Å². The van der Waals surface area contributed by atoms with E-state index in [1.807, 2.05) is 36.4 Å². The van der Waals surface area contributed by atoms with Crippen molar-refractivity contribution in [1.29, 1.82) is 0 Å². The first-order valence-electron chi connectivity index (χ1n) is 8.97. The summed E-state index contributed by atoms with van der Waals surface area (Å²) in [5.74, 6) is 1.05. The molecule has 0 saturated carbocycles. The Bertz CT molecular complexity index is 1390. The van der Waals surface area contributed by atoms with Gasteiger partial charge in [0, 0.05) is 11.9 Å². The molecule has 0 aliphatic rings. The lowest BCUT2D eigenvalue weighted by molar-refractivity contribution is 0.789. The molecule has 7 nitrogen and oxygen atoms in total. The van der Waals surface area contributed by atoms with Crippen molar-refractivity contribution in [2.24, 2.45) is 0 Å². The normalized spacial score (nSPS) is 11.6. The van der Waals surface area contributed by atoms with Crippen molar-refractivity contribution >= 4 is 44.7 Å². The van der Waals surface area contributed by atoms with Gasteiger partial charge in [0.2, 0.25) is 5.16 Å². The number of aryl methyl sites for hydroxylation is 1. The summed E-state index contributed by atoms with van der Waals surface area (Å²) in [7, 11) is 0. The number of nitrogens with one attached hydrogen (secondary N) is 1. The topological polar surface area (TPSA) is 89.4 Å². The van der Waals surface area contributed by atoms with E-state index in [4.69, 9.17) is 4.98 Å². The van der Waals surface area contributed by atoms with E-state index in [1.54, 1.807) is 6.07 Å². The monoisotopic (exact) mass is 388 g/mol. The number of nitrogens with zero attached hydrogens (tertiary/aromatic N) is 5. The van der Waals surface area contributed by atoms with E-state index in [0.717, 1.165) is 28.6 Å². The Morgan fingerprint density at radius 1 is 1.00 bits per heavy atom. The summed E-state index contributed by atoms with van der Waals surface area (Å²) < 4.78 is 2.14. The van der Waals surface area contributed by atoms with Crippen LogP contribution in [0.25, 0.3) is 33.0 Å². The maximum Gasteiger partial charge on any atom is 0.258 e. The van der Waals surface area contributed by atoms with Gasteiger partial charge >= 0.3 is 0 Å². The molecule has 0 bridgehead atoms. The molecule has 0 radical (unpaired) electrons. The molecular weight excluding hydrogens is 372 g/mol. The first-order chi connectivity index (χ1) is 13.7. The minimum Gasteiger partial charge on any atom is -0.324 e. The number of para-hydroxylation sites is 2. The van der Waals surface area contributed by atoms with Crippen LogP contribution in [0.1, 0.15) is 12.7 Å². The van der Waals surface area contributed by atoms with Crippen molar-refractivity contribution in [1.82, 2.24) is 29.7 Å². The van der Waals surface area contributed by atoms with Crippen molar-refractivity contribution in [3.05, 3.63) is 64.7 Å². The summed E-state index contributed by atoms with van der Waals surface area (Å²) in [6.07, 6.45) is 0. The fraction of sp³-hybridized carbons (Fsp3) is 0.150. The molecule has 2 aromatic carbocycles. The van der Waals surface area contributed by atoms with Gasteiger partial charge in [0.25, 0.3) is 5.56 Å². The second-order valence-corrected chi connectivity index (χ2v) is 7.29. The van der Waals surface area contributed by atoms with Crippen molar-refractivity contribution in [3.63, 3.8) is 0 Å². The van der Waals surface area contributed by atoms with Crippen LogP contribution in [0.15, 0.2) is 58.5 Å². The first kappa shape index (κ1) is 16.9. The van der Waals surface area contributed by atoms with Gasteiger partial charge in [-0.15, -0.1) is 10.2 Å². The van der Waals surface area contributed by atoms with Crippen LogP contribution in [0.5, 0.6) is 0 Å². The highest BCUT2D eigenvalue weighted by molar-refractivity contribution is 7.98. The van der Waals surface area contributed by atoms with Gasteiger partial charge in [0.05, 0.1) is 22.2 Å². The van der Waals surface area contributed by atoms with Crippen LogP contribution in [0, 0.1) is 0 Å². The molecule has 3 heterocycles. The Labute approximate surface area is 163 Å². The second kappa shape index (κ2) is 6.72. The van der Waals surface area contributed by atoms with Gasteiger partial charge in [-0.2, -0.15) is 0 Å². The molecule has 3 aromatic heterocycles. The molecule has 0 unspecified atom stereocenters. The molecule has 5 aromatic rings. The van der Waals surface area contributed by atoms with Crippen LogP contribution >= 0.6 is 11.8 Å². The van der Waals surface area contributed by atoms with Crippen molar-refractivity contribution in [3.8, 4) is 0 Å². The minimum absolute atomic E-state index is 0.137. The summed E-state index contributed by atoms with van der Waals surface area (Å²) >= 11 is 1.40. The number of benzene rings is 2. The number of hydrogen-bond acceptors (Lipinski definition) is 6. The molecule has 1 N–H and O–H groups in total. The molecule has 0 aliphatic heterocycles. The number of H-pyrrole nitrogens is 1. The molecule has 28 heavy (non-hydrogen) atoms. The third kappa shape index (κ3) is 2.73. The summed E-state index contributed by atoms with van der Waals surface area (Å²) in [4.78, 5) is 24.3. The zero-order valence-electron chi connectivity index (χ0n) is 15.1. The van der Waals surface area contributed by atoms with E-state index >= 15 is 0 Å². The number of rotatable bonds is 4. The quantitative estimate of drug-likeness (QED) is 0.474. The van der Waals surface area contributed by atoms with Crippen molar-refractivity contribution < 1.29 is 0 Å². The molecular formula is C20H16N6OS. The molecule has 138 valence electrons. The lowest BCUT2D eigenvalue weighted by Crippen LogP contribution is -2.11. The fourth-order valence-corrected chi connectivity index (χ4v) is 4.06. The van der Waals surface area contributed by atoms with Gasteiger partial charge in [-0.05, 0) is 25.1 Å². The van der Waals surface area contributed by atoms with E-state index in [0.29, 0.717) is 27.6 Å². The van der Waals surface area contributed by atoms with Crippen LogP contribution in [0.2, 0.25) is 0 Å². The zero-order chi connectivity index (χ0) is 19.1. The zero-order valence-corrected chi connectivity index (χ0v) is 15.9. The van der Waals surface area contributed by atoms with Gasteiger partial charge < -0.3 is 9.55 Å². The molecule has 8 heteroatoms. The Kier molecular flexibility index (Phi) is 4.05. The van der Waals surface area contributed by atoms with Gasteiger partial charge in [-0.1, -0.05) is 42.1 Å². The van der Waals surface area contributed by atoms with Crippen LogP contribution < -0.4 is 5.56 Å². The summed E-state index contributed by atoms with van der Waals surface area (Å²) in [5.41, 5.74) is 3.27. The summed E-state index contributed by atoms with van der Waals surface area (Å²) in [6.45, 7) is 2.89. The summed E-state index contributed by atoms with van der Waals surface area (Å²) in [6, 6.07) is 15.4. The highest BCUT2D eigenvalue weighted by Gasteiger charge is 2.14. The Morgan fingerprint density at radius 2 is 1.79 bits per heavy atom. The highest BCUT2D eigenvalue weighted by Crippen LogP contribution is 2.27. The van der Waals surface area contributed by atoms with Crippen molar-refractivity contribution in [2.75, 3.05) is 0 Å². The van der Waals surface area contributed by atoms with Crippen LogP contribution in [0.3, 0.4) is 0 Å². The minimum atomic E-state index is -0.137. The smallest absolute Gasteiger partial charge is 0.258 e. The average molecular weight is 388 g/mol. The third-order valence-electron chi connectivity index (χ3n) is 4.67. The van der Waals surface area contributed by atoms with E-state index in [-0.39, 0.29) is 5.56 Å². The second-order valence-electron chi connectivity index (χ2n) is 6.35. The van der Waals surface area contributed by atoms with E-state index in [1.165, 1.54) is 11.8 Å². The van der Waals surface area contributed by atoms with Crippen LogP contribution in [-0.4, -0.2) is 29.7 Å². The van der Waals surface area contributed by atoms with Crippen LogP contribution in [0.4, 0.5) is 0 Å². The summed E-state index contributed by atoms with van der Waals surface area (Å²) in [5, 5.41) is 10.9. The third-order valence-corrected chi connectivity index (χ3v) is 5.52. The number of aromatic nitrogens is 6. The molecule has 0 saturated heterocycles. The lowest BCUT2D eigenvalue weighted by atomic mass is 10.2. The van der Waals surface area contributed by atoms with Crippen molar-refractivity contribution in [2.45, 2.75) is 24.4 Å². The predicted octanol–water partition coefficient (Wildman–Crippen LogP) is 3.53. The molecule has 0 fully saturated rings. The SMILES string of the molecule is CCn1c2ccccc2c2nnc(SCc3nc4ccccc4c(=O)[nH]3)nc21. The number of fused-ring (bicyclic) bond motifs is 4. The maximum absolute atomic E-state index is 12.2. The van der Waals surface area contributed by atoms with Gasteiger partial charge in [0.15, 0.2) is 5.65 Å².